The number of rotatable bonds is 4. The van der Waals surface area contributed by atoms with Crippen LogP contribution < -0.4 is 5.32 Å². The zero-order valence-electron chi connectivity index (χ0n) is 14.4. The lowest BCUT2D eigenvalue weighted by atomic mass is 9.92. The third-order valence-corrected chi connectivity index (χ3v) is 5.17. The molecule has 1 amide bonds. The first kappa shape index (κ1) is 21.2. The van der Waals surface area contributed by atoms with Crippen LogP contribution in [0.4, 0.5) is 0 Å². The summed E-state index contributed by atoms with van der Waals surface area (Å²) >= 11 is 0. The van der Waals surface area contributed by atoms with Crippen LogP contribution in [0.5, 0.6) is 0 Å². The first-order chi connectivity index (χ1) is 10.7. The van der Waals surface area contributed by atoms with Crippen molar-refractivity contribution in [2.45, 2.75) is 38.3 Å². The van der Waals surface area contributed by atoms with Crippen molar-refractivity contribution in [3.05, 3.63) is 35.9 Å². The Morgan fingerprint density at radius 1 is 1.12 bits per heavy atom. The molecule has 1 N–H and O–H groups in total. The van der Waals surface area contributed by atoms with Gasteiger partial charge in [0.2, 0.25) is 5.91 Å². The summed E-state index contributed by atoms with van der Waals surface area (Å²) in [6.45, 7) is 7.75. The Bertz CT molecular complexity index is 498. The molecule has 1 atom stereocenters. The molecule has 1 aromatic rings. The van der Waals surface area contributed by atoms with Crippen molar-refractivity contribution in [3.8, 4) is 0 Å². The van der Waals surface area contributed by atoms with E-state index < -0.39 is 0 Å². The van der Waals surface area contributed by atoms with Gasteiger partial charge in [0.25, 0.3) is 0 Å². The molecule has 1 aromatic carbocycles. The highest BCUT2D eigenvalue weighted by Crippen LogP contribution is 2.26. The predicted molar refractivity (Wildman–Crippen MR) is 103 cm³/mol. The van der Waals surface area contributed by atoms with Gasteiger partial charge in [0, 0.05) is 32.7 Å². The molecule has 0 spiro atoms. The number of carbonyl (C=O) groups excluding carboxylic acids is 1. The molecule has 0 bridgehead atoms. The van der Waals surface area contributed by atoms with Crippen LogP contribution in [-0.2, 0) is 11.3 Å². The number of amides is 1. The van der Waals surface area contributed by atoms with E-state index in [2.05, 4.69) is 52.4 Å². The molecule has 0 radical (unpaired) electrons. The molecule has 0 saturated carbocycles. The number of hydrogen-bond donors (Lipinski definition) is 1. The molecular weight excluding hydrogens is 345 g/mol. The summed E-state index contributed by atoms with van der Waals surface area (Å²) < 4.78 is 0. The van der Waals surface area contributed by atoms with E-state index in [1.165, 1.54) is 5.56 Å². The quantitative estimate of drug-likeness (QED) is 0.880. The van der Waals surface area contributed by atoms with Gasteiger partial charge in [-0.1, -0.05) is 37.3 Å². The molecule has 3 rings (SSSR count). The van der Waals surface area contributed by atoms with Gasteiger partial charge < -0.3 is 10.2 Å². The number of halogens is 2. The van der Waals surface area contributed by atoms with E-state index in [9.17, 15) is 4.79 Å². The maximum atomic E-state index is 12.9. The minimum atomic E-state index is -0.276. The topological polar surface area (TPSA) is 35.6 Å². The fourth-order valence-corrected chi connectivity index (χ4v) is 3.70. The lowest BCUT2D eigenvalue weighted by Crippen LogP contribution is -2.58. The van der Waals surface area contributed by atoms with Crippen molar-refractivity contribution in [3.63, 3.8) is 0 Å². The van der Waals surface area contributed by atoms with Crippen molar-refractivity contribution >= 4 is 30.7 Å². The van der Waals surface area contributed by atoms with Crippen molar-refractivity contribution in [2.24, 2.45) is 0 Å². The fraction of sp³-hybridized carbons (Fsp3) is 0.611. The van der Waals surface area contributed by atoms with Crippen molar-refractivity contribution in [1.82, 2.24) is 15.1 Å². The summed E-state index contributed by atoms with van der Waals surface area (Å²) in [5.41, 5.74) is 1.08. The van der Waals surface area contributed by atoms with E-state index >= 15 is 0 Å². The lowest BCUT2D eigenvalue weighted by molar-refractivity contribution is -0.139. The highest BCUT2D eigenvalue weighted by Gasteiger charge is 2.42. The monoisotopic (exact) mass is 373 g/mol. The molecule has 2 saturated heterocycles. The Morgan fingerprint density at radius 3 is 2.33 bits per heavy atom. The van der Waals surface area contributed by atoms with Gasteiger partial charge in [0.15, 0.2) is 0 Å². The Hall–Kier alpha value is -0.810. The largest absolute Gasteiger partial charge is 0.339 e. The van der Waals surface area contributed by atoms with Crippen molar-refractivity contribution in [1.29, 1.82) is 0 Å². The molecule has 2 aliphatic heterocycles. The lowest BCUT2D eigenvalue weighted by Gasteiger charge is -2.39. The van der Waals surface area contributed by atoms with Crippen LogP contribution in [0.2, 0.25) is 0 Å². The Balaban J connectivity index is 0.00000144. The second-order valence-electron chi connectivity index (χ2n) is 6.52. The smallest absolute Gasteiger partial charge is 0.242 e. The van der Waals surface area contributed by atoms with Gasteiger partial charge in [-0.3, -0.25) is 9.69 Å². The number of carbonyl (C=O) groups is 1. The molecule has 136 valence electrons. The predicted octanol–water partition coefficient (Wildman–Crippen LogP) is 2.71. The van der Waals surface area contributed by atoms with Crippen LogP contribution in [0.15, 0.2) is 30.3 Å². The minimum Gasteiger partial charge on any atom is -0.339 e. The molecule has 6 heteroatoms. The van der Waals surface area contributed by atoms with Crippen LogP contribution in [0.1, 0.15) is 31.7 Å². The summed E-state index contributed by atoms with van der Waals surface area (Å²) in [6.07, 6.45) is 3.01. The average molecular weight is 374 g/mol. The minimum absolute atomic E-state index is 0. The van der Waals surface area contributed by atoms with Gasteiger partial charge in [-0.25, -0.2) is 0 Å². The molecule has 24 heavy (non-hydrogen) atoms. The van der Waals surface area contributed by atoms with E-state index in [1.807, 2.05) is 0 Å². The third-order valence-electron chi connectivity index (χ3n) is 5.17. The summed E-state index contributed by atoms with van der Waals surface area (Å²) in [5, 5.41) is 3.46. The fourth-order valence-electron chi connectivity index (χ4n) is 3.70. The highest BCUT2D eigenvalue weighted by molar-refractivity contribution is 5.87. The number of nitrogens with one attached hydrogen (secondary N) is 1. The first-order valence-corrected chi connectivity index (χ1v) is 8.54. The Labute approximate surface area is 157 Å². The molecule has 4 nitrogen and oxygen atoms in total. The summed E-state index contributed by atoms with van der Waals surface area (Å²) in [5.74, 6) is 0.326. The summed E-state index contributed by atoms with van der Waals surface area (Å²) in [7, 11) is 0. The normalized spacial score (nSPS) is 24.1. The molecule has 0 aliphatic carbocycles. The summed E-state index contributed by atoms with van der Waals surface area (Å²) in [6, 6.07) is 10.6. The molecule has 0 aromatic heterocycles. The van der Waals surface area contributed by atoms with E-state index in [4.69, 9.17) is 0 Å². The highest BCUT2D eigenvalue weighted by atomic mass is 35.5. The van der Waals surface area contributed by atoms with Gasteiger partial charge in [-0.2, -0.15) is 0 Å². The van der Waals surface area contributed by atoms with E-state index in [0.717, 1.165) is 58.5 Å². The Kier molecular flexibility index (Phi) is 8.51. The number of nitrogens with zero attached hydrogens (tertiary/aromatic N) is 2. The van der Waals surface area contributed by atoms with Gasteiger partial charge in [-0.15, -0.1) is 24.8 Å². The van der Waals surface area contributed by atoms with Crippen LogP contribution in [-0.4, -0.2) is 54.0 Å². The third kappa shape index (κ3) is 4.63. The van der Waals surface area contributed by atoms with Gasteiger partial charge >= 0.3 is 0 Å². The standard InChI is InChI=1S/C18H27N3O.2ClH/c1-2-18(9-6-10-19-18)17(22)21-13-11-20(12-14-21)15-16-7-4-3-5-8-16;;/h3-5,7-8,19H,2,6,9-15H2,1H3;2*1H. The molecule has 2 aliphatic rings. The van der Waals surface area contributed by atoms with Gasteiger partial charge in [0.05, 0.1) is 5.54 Å². The van der Waals surface area contributed by atoms with Crippen LogP contribution >= 0.6 is 24.8 Å². The van der Waals surface area contributed by atoms with E-state index in [0.29, 0.717) is 5.91 Å². The number of hydrogen-bond acceptors (Lipinski definition) is 3. The summed E-state index contributed by atoms with van der Waals surface area (Å²) in [4.78, 5) is 17.4. The van der Waals surface area contributed by atoms with Crippen molar-refractivity contribution in [2.75, 3.05) is 32.7 Å². The van der Waals surface area contributed by atoms with Crippen molar-refractivity contribution < 1.29 is 4.79 Å². The number of piperazine rings is 1. The maximum Gasteiger partial charge on any atom is 0.242 e. The van der Waals surface area contributed by atoms with Crippen LogP contribution in [0, 0.1) is 0 Å². The SMILES string of the molecule is CCC1(C(=O)N2CCN(Cc3ccccc3)CC2)CCCN1.Cl.Cl. The van der Waals surface area contributed by atoms with E-state index in [1.54, 1.807) is 0 Å². The average Bonchev–Trinajstić information content (AvgIpc) is 3.06. The molecular formula is C18H29Cl2N3O. The first-order valence-electron chi connectivity index (χ1n) is 8.54. The van der Waals surface area contributed by atoms with Gasteiger partial charge in [-0.05, 0) is 31.4 Å². The Morgan fingerprint density at radius 2 is 1.79 bits per heavy atom. The van der Waals surface area contributed by atoms with Gasteiger partial charge in [0.1, 0.15) is 0 Å². The van der Waals surface area contributed by atoms with E-state index in [-0.39, 0.29) is 30.4 Å². The second-order valence-corrected chi connectivity index (χ2v) is 6.52. The molecule has 1 unspecified atom stereocenters. The molecule has 2 fully saturated rings. The van der Waals surface area contributed by atoms with Crippen LogP contribution in [0.25, 0.3) is 0 Å². The second kappa shape index (κ2) is 9.62. The van der Waals surface area contributed by atoms with Crippen LogP contribution in [0.3, 0.4) is 0 Å². The molecule has 2 heterocycles. The number of benzene rings is 1. The maximum absolute atomic E-state index is 12.9. The zero-order valence-corrected chi connectivity index (χ0v) is 16.0. The zero-order chi connectivity index (χ0) is 15.4.